The highest BCUT2D eigenvalue weighted by atomic mass is 16.3. The van der Waals surface area contributed by atoms with Crippen LogP contribution in [0.2, 0.25) is 0 Å². The predicted octanol–water partition coefficient (Wildman–Crippen LogP) is 3.41. The largest absolute Gasteiger partial charge is 0.468 e. The number of amides is 1. The number of carbonyl (C=O) groups excluding carboxylic acids is 1. The molecule has 1 unspecified atom stereocenters. The van der Waals surface area contributed by atoms with E-state index in [1.807, 2.05) is 41.3 Å². The van der Waals surface area contributed by atoms with E-state index in [1.54, 1.807) is 13.3 Å². The van der Waals surface area contributed by atoms with Crippen molar-refractivity contribution in [1.82, 2.24) is 20.4 Å². The lowest BCUT2D eigenvalue weighted by molar-refractivity contribution is 0.0724. The third-order valence-corrected chi connectivity index (χ3v) is 6.44. The molecule has 2 aliphatic rings. The summed E-state index contributed by atoms with van der Waals surface area (Å²) in [6, 6.07) is 12.1. The number of piperidine rings is 1. The van der Waals surface area contributed by atoms with E-state index < -0.39 is 0 Å². The molecule has 0 saturated carbocycles. The molecule has 0 bridgehead atoms. The van der Waals surface area contributed by atoms with Crippen LogP contribution in [0.15, 0.2) is 52.1 Å². The van der Waals surface area contributed by atoms with Gasteiger partial charge in [0.15, 0.2) is 5.96 Å². The zero-order valence-electron chi connectivity index (χ0n) is 19.1. The summed E-state index contributed by atoms with van der Waals surface area (Å²) in [4.78, 5) is 21.5. The number of benzene rings is 1. The third-order valence-electron chi connectivity index (χ3n) is 6.44. The van der Waals surface area contributed by atoms with Gasteiger partial charge in [-0.15, -0.1) is 0 Å². The van der Waals surface area contributed by atoms with Gasteiger partial charge < -0.3 is 20.0 Å². The Morgan fingerprint density at radius 2 is 1.72 bits per heavy atom. The Balaban J connectivity index is 1.29. The molecule has 2 N–H and O–H groups in total. The van der Waals surface area contributed by atoms with Crippen LogP contribution in [0.1, 0.15) is 59.8 Å². The van der Waals surface area contributed by atoms with Gasteiger partial charge in [0.2, 0.25) is 0 Å². The van der Waals surface area contributed by atoms with Crippen LogP contribution >= 0.6 is 0 Å². The average Bonchev–Trinajstić information content (AvgIpc) is 3.57. The molecule has 2 fully saturated rings. The fourth-order valence-electron chi connectivity index (χ4n) is 4.59. The maximum Gasteiger partial charge on any atom is 0.253 e. The van der Waals surface area contributed by atoms with Crippen LogP contribution in [0.5, 0.6) is 0 Å². The number of rotatable bonds is 7. The number of hydrogen-bond donors (Lipinski definition) is 2. The molecule has 172 valence electrons. The molecule has 2 saturated heterocycles. The molecule has 1 aromatic heterocycles. The molecule has 1 amide bonds. The van der Waals surface area contributed by atoms with E-state index in [0.29, 0.717) is 6.54 Å². The van der Waals surface area contributed by atoms with Crippen molar-refractivity contribution in [2.75, 3.05) is 39.8 Å². The summed E-state index contributed by atoms with van der Waals surface area (Å²) in [6.45, 7) is 5.33. The Bertz CT molecular complexity index is 866. The van der Waals surface area contributed by atoms with Gasteiger partial charge in [-0.05, 0) is 75.0 Å². The van der Waals surface area contributed by atoms with E-state index >= 15 is 0 Å². The molecule has 0 aliphatic carbocycles. The van der Waals surface area contributed by atoms with E-state index in [9.17, 15) is 4.79 Å². The van der Waals surface area contributed by atoms with Crippen LogP contribution in [0.3, 0.4) is 0 Å². The van der Waals surface area contributed by atoms with Crippen molar-refractivity contribution in [1.29, 1.82) is 0 Å². The summed E-state index contributed by atoms with van der Waals surface area (Å²) in [7, 11) is 1.79. The lowest BCUT2D eigenvalue weighted by atomic mass is 10.1. The molecular weight excluding hydrogens is 402 g/mol. The van der Waals surface area contributed by atoms with E-state index in [0.717, 1.165) is 68.4 Å². The number of carbonyl (C=O) groups is 1. The highest BCUT2D eigenvalue weighted by Gasteiger charge is 2.25. The van der Waals surface area contributed by atoms with E-state index in [1.165, 1.54) is 19.3 Å². The smallest absolute Gasteiger partial charge is 0.253 e. The van der Waals surface area contributed by atoms with Crippen LogP contribution in [0.25, 0.3) is 0 Å². The van der Waals surface area contributed by atoms with Gasteiger partial charge in [0, 0.05) is 38.8 Å². The van der Waals surface area contributed by atoms with Gasteiger partial charge >= 0.3 is 0 Å². The highest BCUT2D eigenvalue weighted by molar-refractivity contribution is 5.94. The number of aliphatic imine (C=N–C) groups is 1. The van der Waals surface area contributed by atoms with Gasteiger partial charge in [0.05, 0.1) is 12.3 Å². The summed E-state index contributed by atoms with van der Waals surface area (Å²) in [5.74, 6) is 1.89. The zero-order valence-corrected chi connectivity index (χ0v) is 19.1. The second kappa shape index (κ2) is 11.2. The highest BCUT2D eigenvalue weighted by Crippen LogP contribution is 2.24. The van der Waals surface area contributed by atoms with Crippen molar-refractivity contribution < 1.29 is 9.21 Å². The van der Waals surface area contributed by atoms with E-state index in [-0.39, 0.29) is 11.9 Å². The molecule has 7 nitrogen and oxygen atoms in total. The van der Waals surface area contributed by atoms with Crippen molar-refractivity contribution >= 4 is 11.9 Å². The fraction of sp³-hybridized carbons (Fsp3) is 0.520. The molecule has 2 aliphatic heterocycles. The Morgan fingerprint density at radius 3 is 2.38 bits per heavy atom. The summed E-state index contributed by atoms with van der Waals surface area (Å²) in [6.07, 6.45) is 7.66. The average molecular weight is 438 g/mol. The summed E-state index contributed by atoms with van der Waals surface area (Å²) >= 11 is 0. The number of hydrogen-bond acceptors (Lipinski definition) is 4. The zero-order chi connectivity index (χ0) is 22.2. The molecule has 2 aromatic rings. The van der Waals surface area contributed by atoms with Gasteiger partial charge in [-0.25, -0.2) is 0 Å². The first-order chi connectivity index (χ1) is 15.7. The molecular formula is C25H35N5O2. The summed E-state index contributed by atoms with van der Waals surface area (Å²) < 4.78 is 5.70. The minimum atomic E-state index is 0.146. The Morgan fingerprint density at radius 1 is 1.00 bits per heavy atom. The molecule has 7 heteroatoms. The number of likely N-dealkylation sites (tertiary alicyclic amines) is 2. The Labute approximate surface area is 190 Å². The predicted molar refractivity (Wildman–Crippen MR) is 127 cm³/mol. The molecule has 4 rings (SSSR count). The van der Waals surface area contributed by atoms with Crippen LogP contribution in [-0.2, 0) is 6.54 Å². The van der Waals surface area contributed by atoms with Gasteiger partial charge in [0.25, 0.3) is 5.91 Å². The van der Waals surface area contributed by atoms with Crippen molar-refractivity contribution in [3.05, 3.63) is 59.5 Å². The lowest BCUT2D eigenvalue weighted by Gasteiger charge is -2.27. The molecule has 1 aromatic carbocycles. The SMILES string of the molecule is CN=C(NCc1ccc(C(=O)N2CCCCC2)cc1)NCC(c1ccco1)N1CCCC1. The summed E-state index contributed by atoms with van der Waals surface area (Å²) in [5.41, 5.74) is 1.88. The van der Waals surface area contributed by atoms with Gasteiger partial charge in [-0.2, -0.15) is 0 Å². The molecule has 0 radical (unpaired) electrons. The van der Waals surface area contributed by atoms with E-state index in [4.69, 9.17) is 4.42 Å². The maximum atomic E-state index is 12.6. The number of furan rings is 1. The van der Waals surface area contributed by atoms with Crippen molar-refractivity contribution in [3.8, 4) is 0 Å². The molecule has 0 spiro atoms. The number of guanidine groups is 1. The summed E-state index contributed by atoms with van der Waals surface area (Å²) in [5, 5.41) is 6.84. The van der Waals surface area contributed by atoms with Crippen molar-refractivity contribution in [2.45, 2.75) is 44.7 Å². The first-order valence-corrected chi connectivity index (χ1v) is 11.8. The molecule has 1 atom stereocenters. The Hall–Kier alpha value is -2.80. The van der Waals surface area contributed by atoms with Crippen molar-refractivity contribution in [2.24, 2.45) is 4.99 Å². The van der Waals surface area contributed by atoms with E-state index in [2.05, 4.69) is 20.5 Å². The van der Waals surface area contributed by atoms with Crippen LogP contribution in [-0.4, -0.2) is 61.4 Å². The first kappa shape index (κ1) is 22.4. The number of nitrogens with one attached hydrogen (secondary N) is 2. The topological polar surface area (TPSA) is 73.1 Å². The van der Waals surface area contributed by atoms with Crippen LogP contribution < -0.4 is 10.6 Å². The normalized spacial score (nSPS) is 18.5. The van der Waals surface area contributed by atoms with Crippen LogP contribution in [0, 0.1) is 0 Å². The first-order valence-electron chi connectivity index (χ1n) is 11.8. The van der Waals surface area contributed by atoms with Crippen molar-refractivity contribution in [3.63, 3.8) is 0 Å². The number of nitrogens with zero attached hydrogens (tertiary/aromatic N) is 3. The minimum absolute atomic E-state index is 0.146. The molecule has 3 heterocycles. The monoisotopic (exact) mass is 437 g/mol. The maximum absolute atomic E-state index is 12.6. The second-order valence-electron chi connectivity index (χ2n) is 8.63. The standard InChI is InChI=1S/C25H35N5O2/c1-26-25(28-19-22(23-8-7-17-32-23)29-13-5-6-14-29)27-18-20-9-11-21(12-10-20)24(31)30-15-3-2-4-16-30/h7-12,17,22H,2-6,13-16,18-19H2,1H3,(H2,26,27,28). The quantitative estimate of drug-likeness (QED) is 0.513. The Kier molecular flexibility index (Phi) is 7.82. The third kappa shape index (κ3) is 5.71. The van der Waals surface area contributed by atoms with Gasteiger partial charge in [0.1, 0.15) is 5.76 Å². The minimum Gasteiger partial charge on any atom is -0.468 e. The van der Waals surface area contributed by atoms with Crippen LogP contribution in [0.4, 0.5) is 0 Å². The van der Waals surface area contributed by atoms with Gasteiger partial charge in [-0.3, -0.25) is 14.7 Å². The fourth-order valence-corrected chi connectivity index (χ4v) is 4.59. The lowest BCUT2D eigenvalue weighted by Crippen LogP contribution is -2.42. The second-order valence-corrected chi connectivity index (χ2v) is 8.63. The molecule has 32 heavy (non-hydrogen) atoms. The van der Waals surface area contributed by atoms with Gasteiger partial charge in [-0.1, -0.05) is 12.1 Å².